The molecule has 0 aliphatic heterocycles. The van der Waals surface area contributed by atoms with Gasteiger partial charge in [0.25, 0.3) is 5.56 Å². The van der Waals surface area contributed by atoms with E-state index in [0.29, 0.717) is 23.6 Å². The fraction of sp³-hybridized carbons (Fsp3) is 0.0769. The fourth-order valence-electron chi connectivity index (χ4n) is 3.28. The highest BCUT2D eigenvalue weighted by molar-refractivity contribution is 5.83. The van der Waals surface area contributed by atoms with E-state index in [1.807, 2.05) is 73.7 Å². The first-order chi connectivity index (χ1) is 16.1. The van der Waals surface area contributed by atoms with E-state index in [1.165, 1.54) is 5.56 Å². The monoisotopic (exact) mass is 435 g/mol. The molecule has 0 fully saturated rings. The molecule has 0 amide bonds. The van der Waals surface area contributed by atoms with Crippen LogP contribution in [0.25, 0.3) is 11.3 Å². The highest BCUT2D eigenvalue weighted by Gasteiger charge is 2.12. The summed E-state index contributed by atoms with van der Waals surface area (Å²) in [6, 6.07) is 26.6. The van der Waals surface area contributed by atoms with E-state index in [4.69, 9.17) is 4.74 Å². The van der Waals surface area contributed by atoms with Gasteiger partial charge in [-0.2, -0.15) is 10.4 Å². The number of aryl methyl sites for hydroxylation is 1. The van der Waals surface area contributed by atoms with Crippen molar-refractivity contribution in [3.63, 3.8) is 0 Å². The van der Waals surface area contributed by atoms with Crippen molar-refractivity contribution in [3.8, 4) is 23.1 Å². The molecule has 0 aliphatic carbocycles. The molecular weight excluding hydrogens is 414 g/mol. The predicted octanol–water partition coefficient (Wildman–Crippen LogP) is 4.64. The first kappa shape index (κ1) is 21.5. The molecule has 7 heteroatoms. The molecular formula is C26H21N5O2. The molecule has 0 spiro atoms. The van der Waals surface area contributed by atoms with Crippen LogP contribution in [0.15, 0.2) is 88.8 Å². The van der Waals surface area contributed by atoms with E-state index in [1.54, 1.807) is 18.3 Å². The van der Waals surface area contributed by atoms with Crippen LogP contribution in [0.5, 0.6) is 5.75 Å². The van der Waals surface area contributed by atoms with E-state index < -0.39 is 5.56 Å². The summed E-state index contributed by atoms with van der Waals surface area (Å²) >= 11 is 0. The number of hydrazone groups is 1. The Hall–Kier alpha value is -4.70. The summed E-state index contributed by atoms with van der Waals surface area (Å²) in [5, 5.41) is 13.6. The summed E-state index contributed by atoms with van der Waals surface area (Å²) in [6.07, 6.45) is 1.59. The maximum absolute atomic E-state index is 12.4. The van der Waals surface area contributed by atoms with Gasteiger partial charge < -0.3 is 4.74 Å². The zero-order chi connectivity index (χ0) is 23.0. The molecule has 1 aromatic heterocycles. The zero-order valence-electron chi connectivity index (χ0n) is 17.9. The van der Waals surface area contributed by atoms with Crippen LogP contribution in [-0.2, 0) is 6.61 Å². The third-order valence-corrected chi connectivity index (χ3v) is 4.85. The van der Waals surface area contributed by atoms with Gasteiger partial charge >= 0.3 is 0 Å². The smallest absolute Gasteiger partial charge is 0.270 e. The van der Waals surface area contributed by atoms with Gasteiger partial charge in [0.15, 0.2) is 0 Å². The number of H-pyrrole nitrogens is 1. The summed E-state index contributed by atoms with van der Waals surface area (Å²) in [6.45, 7) is 2.48. The van der Waals surface area contributed by atoms with Crippen LogP contribution in [-0.4, -0.2) is 16.2 Å². The average Bonchev–Trinajstić information content (AvgIpc) is 2.84. The summed E-state index contributed by atoms with van der Waals surface area (Å²) in [5.41, 5.74) is 6.13. The van der Waals surface area contributed by atoms with Crippen molar-refractivity contribution in [1.82, 2.24) is 9.97 Å². The molecule has 4 aromatic rings. The standard InChI is InChI=1S/C26H21N5O2/c1-18-8-7-9-19(14-18)17-33-23-13-6-5-12-21(23)16-28-31-26-29-24(20-10-3-2-4-11-20)22(15-27)25(32)30-26/h2-14,16H,17H2,1H3,(H2,29,30,31,32). The number of nitrogens with zero attached hydrogens (tertiary/aromatic N) is 3. The molecule has 0 unspecified atom stereocenters. The highest BCUT2D eigenvalue weighted by Crippen LogP contribution is 2.20. The van der Waals surface area contributed by atoms with Crippen molar-refractivity contribution in [2.45, 2.75) is 13.5 Å². The van der Waals surface area contributed by atoms with Crippen LogP contribution in [0.1, 0.15) is 22.3 Å². The van der Waals surface area contributed by atoms with Crippen LogP contribution in [0.4, 0.5) is 5.95 Å². The molecule has 0 radical (unpaired) electrons. The number of ether oxygens (including phenoxy) is 1. The minimum atomic E-state index is -0.536. The Labute approximate surface area is 191 Å². The fourth-order valence-corrected chi connectivity index (χ4v) is 3.28. The number of nitriles is 1. The van der Waals surface area contributed by atoms with E-state index in [2.05, 4.69) is 26.6 Å². The quantitative estimate of drug-likeness (QED) is 0.325. The topological polar surface area (TPSA) is 103 Å². The van der Waals surface area contributed by atoms with Gasteiger partial charge in [-0.25, -0.2) is 10.4 Å². The zero-order valence-corrected chi connectivity index (χ0v) is 17.9. The Kier molecular flexibility index (Phi) is 6.57. The number of hydrogen-bond donors (Lipinski definition) is 2. The average molecular weight is 435 g/mol. The van der Waals surface area contributed by atoms with Crippen molar-refractivity contribution in [2.24, 2.45) is 5.10 Å². The lowest BCUT2D eigenvalue weighted by molar-refractivity contribution is 0.305. The third-order valence-electron chi connectivity index (χ3n) is 4.85. The first-order valence-corrected chi connectivity index (χ1v) is 10.3. The maximum atomic E-state index is 12.4. The number of aromatic nitrogens is 2. The van der Waals surface area contributed by atoms with Crippen molar-refractivity contribution in [2.75, 3.05) is 5.43 Å². The predicted molar refractivity (Wildman–Crippen MR) is 128 cm³/mol. The molecule has 0 saturated carbocycles. The second kappa shape index (κ2) is 10.1. The van der Waals surface area contributed by atoms with Gasteiger partial charge in [-0.05, 0) is 24.6 Å². The molecule has 0 saturated heterocycles. The van der Waals surface area contributed by atoms with Crippen LogP contribution in [0, 0.1) is 18.3 Å². The molecule has 0 bridgehead atoms. The lowest BCUT2D eigenvalue weighted by atomic mass is 10.1. The van der Waals surface area contributed by atoms with Crippen molar-refractivity contribution in [3.05, 3.63) is 111 Å². The Morgan fingerprint density at radius 3 is 2.67 bits per heavy atom. The lowest BCUT2D eigenvalue weighted by Crippen LogP contribution is -2.16. The molecule has 1 heterocycles. The summed E-state index contributed by atoms with van der Waals surface area (Å²) < 4.78 is 5.98. The number of anilines is 1. The van der Waals surface area contributed by atoms with Gasteiger partial charge in [0.2, 0.25) is 5.95 Å². The second-order valence-electron chi connectivity index (χ2n) is 7.30. The van der Waals surface area contributed by atoms with Gasteiger partial charge in [0, 0.05) is 11.1 Å². The highest BCUT2D eigenvalue weighted by atomic mass is 16.5. The number of hydrogen-bond acceptors (Lipinski definition) is 6. The molecule has 2 N–H and O–H groups in total. The summed E-state index contributed by atoms with van der Waals surface area (Å²) in [4.78, 5) is 19.3. The Morgan fingerprint density at radius 1 is 1.09 bits per heavy atom. The van der Waals surface area contributed by atoms with E-state index >= 15 is 0 Å². The minimum absolute atomic E-state index is 0.0503. The van der Waals surface area contributed by atoms with Gasteiger partial charge in [0.05, 0.1) is 11.9 Å². The molecule has 3 aromatic carbocycles. The van der Waals surface area contributed by atoms with Gasteiger partial charge in [-0.15, -0.1) is 0 Å². The van der Waals surface area contributed by atoms with Gasteiger partial charge in [-0.3, -0.25) is 9.78 Å². The first-order valence-electron chi connectivity index (χ1n) is 10.3. The second-order valence-corrected chi connectivity index (χ2v) is 7.30. The third kappa shape index (κ3) is 5.32. The minimum Gasteiger partial charge on any atom is -0.488 e. The number of aromatic amines is 1. The van der Waals surface area contributed by atoms with E-state index in [0.717, 1.165) is 11.1 Å². The van der Waals surface area contributed by atoms with Crippen LogP contribution >= 0.6 is 0 Å². The molecule has 162 valence electrons. The Morgan fingerprint density at radius 2 is 1.88 bits per heavy atom. The SMILES string of the molecule is Cc1cccc(COc2ccccc2C=NNc2nc(-c3ccccc3)c(C#N)c(=O)[nH]2)c1. The number of rotatable bonds is 7. The summed E-state index contributed by atoms with van der Waals surface area (Å²) in [7, 11) is 0. The van der Waals surface area contributed by atoms with Crippen molar-refractivity contribution >= 4 is 12.2 Å². The summed E-state index contributed by atoms with van der Waals surface area (Å²) in [5.74, 6) is 0.808. The van der Waals surface area contributed by atoms with Crippen LogP contribution in [0.3, 0.4) is 0 Å². The van der Waals surface area contributed by atoms with Crippen molar-refractivity contribution in [1.29, 1.82) is 5.26 Å². The molecule has 0 atom stereocenters. The van der Waals surface area contributed by atoms with E-state index in [-0.39, 0.29) is 11.5 Å². The number of benzene rings is 3. The number of nitrogens with one attached hydrogen (secondary N) is 2. The number of para-hydroxylation sites is 1. The van der Waals surface area contributed by atoms with Crippen molar-refractivity contribution < 1.29 is 4.74 Å². The van der Waals surface area contributed by atoms with Gasteiger partial charge in [0.1, 0.15) is 24.0 Å². The maximum Gasteiger partial charge on any atom is 0.270 e. The Bertz CT molecular complexity index is 1390. The molecule has 7 nitrogen and oxygen atoms in total. The van der Waals surface area contributed by atoms with Gasteiger partial charge in [-0.1, -0.05) is 72.3 Å². The van der Waals surface area contributed by atoms with Crippen LogP contribution < -0.4 is 15.7 Å². The normalized spacial score (nSPS) is 10.7. The largest absolute Gasteiger partial charge is 0.488 e. The van der Waals surface area contributed by atoms with E-state index in [9.17, 15) is 10.1 Å². The van der Waals surface area contributed by atoms with Crippen LogP contribution in [0.2, 0.25) is 0 Å². The molecule has 4 rings (SSSR count). The lowest BCUT2D eigenvalue weighted by Gasteiger charge is -2.09. The molecule has 33 heavy (non-hydrogen) atoms. The Balaban J connectivity index is 1.53. The molecule has 0 aliphatic rings.